The molecule has 0 radical (unpaired) electrons. The number of fused-ring (bicyclic) bond motifs is 1. The van der Waals surface area contributed by atoms with E-state index >= 15 is 0 Å². The second-order valence-electron chi connectivity index (χ2n) is 10.4. The summed E-state index contributed by atoms with van der Waals surface area (Å²) in [5.74, 6) is -0.784. The van der Waals surface area contributed by atoms with Crippen molar-refractivity contribution < 1.29 is 24.5 Å². The summed E-state index contributed by atoms with van der Waals surface area (Å²) < 4.78 is 5.99. The summed E-state index contributed by atoms with van der Waals surface area (Å²) in [6, 6.07) is 12.2. The predicted octanol–water partition coefficient (Wildman–Crippen LogP) is 3.57. The molecule has 0 saturated carbocycles. The van der Waals surface area contributed by atoms with Crippen molar-refractivity contribution in [2.75, 3.05) is 46.4 Å². The summed E-state index contributed by atoms with van der Waals surface area (Å²) in [4.78, 5) is 34.3. The summed E-state index contributed by atoms with van der Waals surface area (Å²) >= 11 is 1.60. The van der Waals surface area contributed by atoms with Gasteiger partial charge in [0.1, 0.15) is 17.2 Å². The van der Waals surface area contributed by atoms with Gasteiger partial charge in [0.25, 0.3) is 11.8 Å². The van der Waals surface area contributed by atoms with Crippen LogP contribution in [0.2, 0.25) is 0 Å². The van der Waals surface area contributed by atoms with E-state index in [1.807, 2.05) is 37.3 Å². The molecule has 5 rings (SSSR count). The van der Waals surface area contributed by atoms with Crippen molar-refractivity contribution in [2.45, 2.75) is 33.0 Å². The molecule has 0 atom stereocenters. The predicted molar refractivity (Wildman–Crippen MR) is 154 cm³/mol. The Morgan fingerprint density at radius 2 is 1.75 bits per heavy atom. The van der Waals surface area contributed by atoms with Crippen molar-refractivity contribution in [3.8, 4) is 17.2 Å². The molecule has 10 heteroatoms. The smallest absolute Gasteiger partial charge is 0.258 e. The Morgan fingerprint density at radius 3 is 2.50 bits per heavy atom. The molecule has 0 aliphatic carbocycles. The van der Waals surface area contributed by atoms with E-state index in [1.54, 1.807) is 23.3 Å². The Bertz CT molecular complexity index is 1380. The van der Waals surface area contributed by atoms with Crippen LogP contribution in [0.1, 0.15) is 48.0 Å². The van der Waals surface area contributed by atoms with Crippen LogP contribution in [0, 0.1) is 6.92 Å². The molecule has 3 heterocycles. The maximum absolute atomic E-state index is 13.5. The van der Waals surface area contributed by atoms with Gasteiger partial charge in [0.05, 0.1) is 24.3 Å². The number of rotatable bonds is 9. The summed E-state index contributed by atoms with van der Waals surface area (Å²) in [5, 5.41) is 24.3. The van der Waals surface area contributed by atoms with Crippen LogP contribution < -0.4 is 10.1 Å². The molecule has 9 nitrogen and oxygen atoms in total. The van der Waals surface area contributed by atoms with Crippen molar-refractivity contribution in [1.82, 2.24) is 20.0 Å². The Hall–Kier alpha value is -3.60. The standard InChI is InChI=1S/C30H36N4O5S/c1-20-4-7-24(40-20)19-32(2)29(37)25-15-26(28(36)16-27(25)35)30(38)34-17-21-5-6-23(14-22(21)18-34)39-13-3-10-33-11-8-31-9-12-33/h4-7,14-16,31,35-36H,3,8-13,17-19H2,1-2H3. The average molecular weight is 565 g/mol. The molecule has 3 aromatic rings. The number of nitrogens with zero attached hydrogens (tertiary/aromatic N) is 3. The molecule has 1 saturated heterocycles. The van der Waals surface area contributed by atoms with Gasteiger partial charge in [-0.2, -0.15) is 0 Å². The molecule has 3 N–H and O–H groups in total. The quantitative estimate of drug-likeness (QED) is 0.341. The summed E-state index contributed by atoms with van der Waals surface area (Å²) in [5.41, 5.74) is 1.97. The van der Waals surface area contributed by atoms with Gasteiger partial charge in [0, 0.05) is 68.7 Å². The lowest BCUT2D eigenvalue weighted by Crippen LogP contribution is -2.43. The van der Waals surface area contributed by atoms with Gasteiger partial charge in [-0.05, 0) is 54.8 Å². The van der Waals surface area contributed by atoms with Gasteiger partial charge in [-0.15, -0.1) is 11.3 Å². The minimum absolute atomic E-state index is 0.0151. The molecular weight excluding hydrogens is 528 g/mol. The first kappa shape index (κ1) is 27.9. The number of hydrogen-bond donors (Lipinski definition) is 3. The van der Waals surface area contributed by atoms with Gasteiger partial charge >= 0.3 is 0 Å². The third kappa shape index (κ3) is 6.41. The van der Waals surface area contributed by atoms with Crippen LogP contribution in [0.15, 0.2) is 42.5 Å². The molecule has 2 amide bonds. The molecule has 0 unspecified atom stereocenters. The second-order valence-corrected chi connectivity index (χ2v) is 11.8. The van der Waals surface area contributed by atoms with Crippen molar-refractivity contribution in [3.05, 3.63) is 74.5 Å². The van der Waals surface area contributed by atoms with Crippen LogP contribution >= 0.6 is 11.3 Å². The summed E-state index contributed by atoms with van der Waals surface area (Å²) in [7, 11) is 1.65. The van der Waals surface area contributed by atoms with Gasteiger partial charge < -0.3 is 35.0 Å². The largest absolute Gasteiger partial charge is 0.507 e. The van der Waals surface area contributed by atoms with Crippen molar-refractivity contribution in [2.24, 2.45) is 0 Å². The maximum atomic E-state index is 13.5. The number of hydrogen-bond acceptors (Lipinski definition) is 8. The molecular formula is C30H36N4O5S. The first-order valence-corrected chi connectivity index (χ1v) is 14.4. The number of aryl methyl sites for hydroxylation is 1. The number of piperazine rings is 1. The van der Waals surface area contributed by atoms with Crippen LogP contribution in [-0.2, 0) is 19.6 Å². The number of carbonyl (C=O) groups is 2. The zero-order valence-electron chi connectivity index (χ0n) is 23.0. The number of phenolic OH excluding ortho intramolecular Hbond substituents is 2. The van der Waals surface area contributed by atoms with E-state index in [1.165, 1.54) is 11.0 Å². The Kier molecular flexibility index (Phi) is 8.58. The fourth-order valence-electron chi connectivity index (χ4n) is 5.19. The lowest BCUT2D eigenvalue weighted by molar-refractivity contribution is 0.0748. The van der Waals surface area contributed by atoms with Crippen LogP contribution in [0.5, 0.6) is 17.2 Å². The maximum Gasteiger partial charge on any atom is 0.258 e. The number of amides is 2. The van der Waals surface area contributed by atoms with Crippen molar-refractivity contribution in [1.29, 1.82) is 0 Å². The zero-order chi connectivity index (χ0) is 28.2. The second kappa shape index (κ2) is 12.3. The molecule has 2 aliphatic rings. The van der Waals surface area contributed by atoms with Gasteiger partial charge in [0.2, 0.25) is 0 Å². The minimum Gasteiger partial charge on any atom is -0.507 e. The average Bonchev–Trinajstić information content (AvgIpc) is 3.56. The van der Waals surface area contributed by atoms with Crippen LogP contribution in [0.3, 0.4) is 0 Å². The summed E-state index contributed by atoms with van der Waals surface area (Å²) in [6.45, 7) is 8.98. The van der Waals surface area contributed by atoms with Crippen molar-refractivity contribution in [3.63, 3.8) is 0 Å². The minimum atomic E-state index is -0.430. The number of nitrogens with one attached hydrogen (secondary N) is 1. The molecule has 2 aliphatic heterocycles. The van der Waals surface area contributed by atoms with E-state index in [2.05, 4.69) is 10.2 Å². The van der Waals surface area contributed by atoms with Crippen molar-refractivity contribution >= 4 is 23.2 Å². The molecule has 0 spiro atoms. The van der Waals surface area contributed by atoms with E-state index in [0.29, 0.717) is 26.2 Å². The molecule has 212 valence electrons. The Morgan fingerprint density at radius 1 is 1.00 bits per heavy atom. The summed E-state index contributed by atoms with van der Waals surface area (Å²) in [6.07, 6.45) is 0.949. The Balaban J connectivity index is 1.21. The molecule has 40 heavy (non-hydrogen) atoms. The number of benzene rings is 2. The molecule has 1 fully saturated rings. The first-order valence-electron chi connectivity index (χ1n) is 13.6. The lowest BCUT2D eigenvalue weighted by atomic mass is 10.1. The van der Waals surface area contributed by atoms with E-state index in [4.69, 9.17) is 4.74 Å². The monoisotopic (exact) mass is 564 g/mol. The van der Waals surface area contributed by atoms with Gasteiger partial charge in [-0.25, -0.2) is 0 Å². The van der Waals surface area contributed by atoms with Crippen LogP contribution in [-0.4, -0.2) is 83.1 Å². The van der Waals surface area contributed by atoms with E-state index < -0.39 is 11.8 Å². The molecule has 2 aromatic carbocycles. The molecule has 1 aromatic heterocycles. The number of carbonyl (C=O) groups excluding carboxylic acids is 2. The molecule has 0 bridgehead atoms. The van der Waals surface area contributed by atoms with E-state index in [-0.39, 0.29) is 22.6 Å². The van der Waals surface area contributed by atoms with Gasteiger partial charge in [0.15, 0.2) is 0 Å². The van der Waals surface area contributed by atoms with Gasteiger partial charge in [-0.1, -0.05) is 6.07 Å². The zero-order valence-corrected chi connectivity index (χ0v) is 23.8. The van der Waals surface area contributed by atoms with Crippen LogP contribution in [0.4, 0.5) is 0 Å². The highest BCUT2D eigenvalue weighted by Gasteiger charge is 2.29. The normalized spacial score (nSPS) is 15.2. The topological polar surface area (TPSA) is 106 Å². The highest BCUT2D eigenvalue weighted by Crippen LogP contribution is 2.33. The highest BCUT2D eigenvalue weighted by molar-refractivity contribution is 7.11. The third-order valence-corrected chi connectivity index (χ3v) is 8.38. The van der Waals surface area contributed by atoms with Gasteiger partial charge in [-0.3, -0.25) is 9.59 Å². The number of phenols is 2. The number of aromatic hydroxyl groups is 2. The lowest BCUT2D eigenvalue weighted by Gasteiger charge is -2.26. The SMILES string of the molecule is Cc1ccc(CN(C)C(=O)c2cc(C(=O)N3Cc4ccc(OCCCN5CCNCC5)cc4C3)c(O)cc2O)s1. The fourth-order valence-corrected chi connectivity index (χ4v) is 6.13. The van der Waals surface area contributed by atoms with Crippen LogP contribution in [0.25, 0.3) is 0 Å². The number of thiophene rings is 1. The van der Waals surface area contributed by atoms with E-state index in [0.717, 1.165) is 71.8 Å². The number of ether oxygens (including phenoxy) is 1. The third-order valence-electron chi connectivity index (χ3n) is 7.39. The fraction of sp³-hybridized carbons (Fsp3) is 0.400. The first-order chi connectivity index (χ1) is 19.3. The highest BCUT2D eigenvalue weighted by atomic mass is 32.1. The van der Waals surface area contributed by atoms with E-state index in [9.17, 15) is 19.8 Å². The Labute approximate surface area is 238 Å².